The van der Waals surface area contributed by atoms with Crippen molar-refractivity contribution in [2.45, 2.75) is 25.4 Å². The van der Waals surface area contributed by atoms with Crippen molar-refractivity contribution in [2.24, 2.45) is 0 Å². The molecule has 0 saturated carbocycles. The van der Waals surface area contributed by atoms with Gasteiger partial charge < -0.3 is 9.47 Å². The zero-order chi connectivity index (χ0) is 17.1. The first-order valence-corrected chi connectivity index (χ1v) is 9.00. The summed E-state index contributed by atoms with van der Waals surface area (Å²) in [5.41, 5.74) is 1.20. The molecule has 1 aliphatic rings. The summed E-state index contributed by atoms with van der Waals surface area (Å²) in [4.78, 5) is 16.1. The van der Waals surface area contributed by atoms with Gasteiger partial charge in [-0.3, -0.25) is 9.69 Å². The zero-order valence-electron chi connectivity index (χ0n) is 13.8. The van der Waals surface area contributed by atoms with Crippen molar-refractivity contribution >= 4 is 32.7 Å². The van der Waals surface area contributed by atoms with E-state index in [1.54, 1.807) is 4.90 Å². The number of benzene rings is 1. The van der Waals surface area contributed by atoms with Crippen LogP contribution in [0, 0.1) is 11.3 Å². The van der Waals surface area contributed by atoms with E-state index in [9.17, 15) is 4.79 Å². The topological polar surface area (TPSA) is 52.3 Å². The fraction of sp³-hybridized carbons (Fsp3) is 0.444. The monoisotopic (exact) mass is 388 g/mol. The van der Waals surface area contributed by atoms with Crippen LogP contribution in [0.2, 0.25) is 0 Å². The number of nitrogens with zero attached hydrogens (tertiary/aromatic N) is 4. The number of aromatic nitrogens is 1. The Morgan fingerprint density at radius 2 is 2.29 bits per heavy atom. The van der Waals surface area contributed by atoms with Crippen LogP contribution in [0.3, 0.4) is 0 Å². The van der Waals surface area contributed by atoms with Crippen LogP contribution in [0.25, 0.3) is 10.9 Å². The maximum absolute atomic E-state index is 12.4. The molecule has 0 unspecified atom stereocenters. The van der Waals surface area contributed by atoms with Crippen LogP contribution < -0.4 is 0 Å². The van der Waals surface area contributed by atoms with Crippen LogP contribution in [0.5, 0.6) is 0 Å². The molecule has 0 radical (unpaired) electrons. The summed E-state index contributed by atoms with van der Waals surface area (Å²) in [6.45, 7) is 2.69. The standard InChI is InChI=1S/C18H21BrN4O/c1-21(13-18(24)23-7-2-3-16(23)12-20)9-10-22-8-6-14-11-15(19)4-5-17(14)22/h4-6,8,11,16H,2-3,7,9-10,13H2,1H3/t16-/m0/s1. The van der Waals surface area contributed by atoms with Gasteiger partial charge in [-0.2, -0.15) is 5.26 Å². The van der Waals surface area contributed by atoms with Gasteiger partial charge in [0.05, 0.1) is 12.6 Å². The van der Waals surface area contributed by atoms with Gasteiger partial charge in [0.15, 0.2) is 0 Å². The predicted molar refractivity (Wildman–Crippen MR) is 97.5 cm³/mol. The largest absolute Gasteiger partial charge is 0.346 e. The molecule has 1 amide bonds. The first-order valence-electron chi connectivity index (χ1n) is 8.20. The Hall–Kier alpha value is -1.84. The second kappa shape index (κ2) is 7.37. The number of amides is 1. The van der Waals surface area contributed by atoms with Crippen molar-refractivity contribution in [2.75, 3.05) is 26.7 Å². The van der Waals surface area contributed by atoms with Crippen molar-refractivity contribution in [3.63, 3.8) is 0 Å². The lowest BCUT2D eigenvalue weighted by molar-refractivity contribution is -0.132. The van der Waals surface area contributed by atoms with E-state index in [0.717, 1.165) is 30.4 Å². The molecule has 0 aliphatic carbocycles. The second-order valence-corrected chi connectivity index (χ2v) is 7.24. The van der Waals surface area contributed by atoms with E-state index in [1.165, 1.54) is 10.9 Å². The molecule has 1 aromatic heterocycles. The Bertz CT molecular complexity index is 779. The molecule has 6 heteroatoms. The Kier molecular flexibility index (Phi) is 5.22. The Morgan fingerprint density at radius 3 is 3.08 bits per heavy atom. The summed E-state index contributed by atoms with van der Waals surface area (Å²) < 4.78 is 3.28. The first-order chi connectivity index (χ1) is 11.6. The number of rotatable bonds is 5. The Balaban J connectivity index is 1.56. The van der Waals surface area contributed by atoms with Crippen molar-refractivity contribution in [1.82, 2.24) is 14.4 Å². The molecule has 126 valence electrons. The maximum Gasteiger partial charge on any atom is 0.237 e. The van der Waals surface area contributed by atoms with E-state index in [-0.39, 0.29) is 11.9 Å². The number of hydrogen-bond acceptors (Lipinski definition) is 3. The van der Waals surface area contributed by atoms with Gasteiger partial charge in [-0.25, -0.2) is 0 Å². The van der Waals surface area contributed by atoms with Gasteiger partial charge in [0.2, 0.25) is 5.91 Å². The molecule has 1 atom stereocenters. The van der Waals surface area contributed by atoms with Crippen LogP contribution in [-0.2, 0) is 11.3 Å². The van der Waals surface area contributed by atoms with Gasteiger partial charge in [-0.15, -0.1) is 0 Å². The minimum atomic E-state index is -0.238. The highest BCUT2D eigenvalue weighted by Gasteiger charge is 2.28. The normalized spacial score (nSPS) is 17.6. The quantitative estimate of drug-likeness (QED) is 0.790. The third kappa shape index (κ3) is 3.63. The minimum absolute atomic E-state index is 0.0582. The van der Waals surface area contributed by atoms with Crippen molar-refractivity contribution in [1.29, 1.82) is 5.26 Å². The lowest BCUT2D eigenvalue weighted by Gasteiger charge is -2.23. The molecule has 2 aromatic rings. The molecule has 1 aromatic carbocycles. The van der Waals surface area contributed by atoms with Gasteiger partial charge in [0.25, 0.3) is 0 Å². The number of fused-ring (bicyclic) bond motifs is 1. The van der Waals surface area contributed by atoms with Gasteiger partial charge in [0, 0.05) is 41.2 Å². The summed E-state index contributed by atoms with van der Waals surface area (Å²) >= 11 is 3.49. The first kappa shape index (κ1) is 17.0. The molecule has 24 heavy (non-hydrogen) atoms. The van der Waals surface area contributed by atoms with Crippen molar-refractivity contribution in [3.8, 4) is 6.07 Å². The summed E-state index contributed by atoms with van der Waals surface area (Å²) in [6.07, 6.45) is 3.81. The highest BCUT2D eigenvalue weighted by molar-refractivity contribution is 9.10. The van der Waals surface area contributed by atoms with Gasteiger partial charge in [-0.05, 0) is 44.2 Å². The van der Waals surface area contributed by atoms with E-state index in [1.807, 2.05) is 18.0 Å². The van der Waals surface area contributed by atoms with Gasteiger partial charge >= 0.3 is 0 Å². The van der Waals surface area contributed by atoms with Crippen LogP contribution in [-0.4, -0.2) is 53.0 Å². The molecule has 2 heterocycles. The van der Waals surface area contributed by atoms with Crippen molar-refractivity contribution in [3.05, 3.63) is 34.9 Å². The highest BCUT2D eigenvalue weighted by atomic mass is 79.9. The molecule has 1 fully saturated rings. The van der Waals surface area contributed by atoms with Crippen LogP contribution >= 0.6 is 15.9 Å². The second-order valence-electron chi connectivity index (χ2n) is 6.32. The van der Waals surface area contributed by atoms with Crippen molar-refractivity contribution < 1.29 is 4.79 Å². The lowest BCUT2D eigenvalue weighted by Crippen LogP contribution is -2.41. The molecular formula is C18H21BrN4O. The number of likely N-dealkylation sites (N-methyl/N-ethyl adjacent to an activating group) is 1. The fourth-order valence-corrected chi connectivity index (χ4v) is 3.62. The number of hydrogen-bond donors (Lipinski definition) is 0. The SMILES string of the molecule is CN(CCn1ccc2cc(Br)ccc21)CC(=O)N1CCC[C@H]1C#N. The molecule has 0 spiro atoms. The molecule has 1 aliphatic heterocycles. The number of nitriles is 1. The van der Waals surface area contributed by atoms with E-state index in [2.05, 4.69) is 51.0 Å². The lowest BCUT2D eigenvalue weighted by atomic mass is 10.2. The Morgan fingerprint density at radius 1 is 1.46 bits per heavy atom. The number of carbonyl (C=O) groups is 1. The summed E-state index contributed by atoms with van der Waals surface area (Å²) in [7, 11) is 1.96. The van der Waals surface area contributed by atoms with E-state index < -0.39 is 0 Å². The van der Waals surface area contributed by atoms with Crippen LogP contribution in [0.15, 0.2) is 34.9 Å². The average Bonchev–Trinajstić information content (AvgIpc) is 3.19. The third-order valence-corrected chi connectivity index (χ3v) is 5.08. The average molecular weight is 389 g/mol. The van der Waals surface area contributed by atoms with Gasteiger partial charge in [0.1, 0.15) is 6.04 Å². The number of carbonyl (C=O) groups excluding carboxylic acids is 1. The summed E-state index contributed by atoms with van der Waals surface area (Å²) in [6, 6.07) is 10.3. The maximum atomic E-state index is 12.4. The number of likely N-dealkylation sites (tertiary alicyclic amines) is 1. The molecule has 0 bridgehead atoms. The fourth-order valence-electron chi connectivity index (χ4n) is 3.24. The van der Waals surface area contributed by atoms with E-state index in [4.69, 9.17) is 5.26 Å². The van der Waals surface area contributed by atoms with Crippen LogP contribution in [0.1, 0.15) is 12.8 Å². The van der Waals surface area contributed by atoms with E-state index in [0.29, 0.717) is 13.1 Å². The molecular weight excluding hydrogens is 368 g/mol. The summed E-state index contributed by atoms with van der Waals surface area (Å²) in [5.74, 6) is 0.0582. The van der Waals surface area contributed by atoms with E-state index >= 15 is 0 Å². The summed E-state index contributed by atoms with van der Waals surface area (Å²) in [5, 5.41) is 10.3. The smallest absolute Gasteiger partial charge is 0.237 e. The predicted octanol–water partition coefficient (Wildman–Crippen LogP) is 2.85. The molecule has 0 N–H and O–H groups in total. The minimum Gasteiger partial charge on any atom is -0.346 e. The van der Waals surface area contributed by atoms with Gasteiger partial charge in [-0.1, -0.05) is 15.9 Å². The molecule has 5 nitrogen and oxygen atoms in total. The zero-order valence-corrected chi connectivity index (χ0v) is 15.4. The van der Waals surface area contributed by atoms with Crippen LogP contribution in [0.4, 0.5) is 0 Å². The molecule has 3 rings (SSSR count). The Labute approximate surface area is 150 Å². The number of halogens is 1. The highest BCUT2D eigenvalue weighted by Crippen LogP contribution is 2.21. The molecule has 1 saturated heterocycles. The third-order valence-electron chi connectivity index (χ3n) is 4.58.